The van der Waals surface area contributed by atoms with Crippen molar-refractivity contribution in [3.05, 3.63) is 59.2 Å². The van der Waals surface area contributed by atoms with Crippen LogP contribution in [-0.4, -0.2) is 9.97 Å². The Balaban J connectivity index is 2.24. The van der Waals surface area contributed by atoms with E-state index in [1.54, 1.807) is 19.1 Å². The normalized spacial score (nSPS) is 13.2. The third-order valence-corrected chi connectivity index (χ3v) is 3.21. The first-order chi connectivity index (χ1) is 9.95. The summed E-state index contributed by atoms with van der Waals surface area (Å²) in [5, 5.41) is 0. The van der Waals surface area contributed by atoms with Crippen molar-refractivity contribution in [3.8, 4) is 0 Å². The van der Waals surface area contributed by atoms with Crippen molar-refractivity contribution >= 4 is 0 Å². The van der Waals surface area contributed by atoms with Gasteiger partial charge in [0.05, 0.1) is 0 Å². The molecule has 0 radical (unpaired) electrons. The standard InChI is InChI=1S/C16H17F3N2/c1-3-4-12-5-7-13(8-6-12)14(17)16(18,19)15-20-9-11(2)10-21-15/h5-10,14H,3-4H2,1-2H3. The zero-order valence-corrected chi connectivity index (χ0v) is 12.0. The van der Waals surface area contributed by atoms with Crippen LogP contribution in [0.1, 0.15) is 42.0 Å². The van der Waals surface area contributed by atoms with Crippen molar-refractivity contribution in [3.63, 3.8) is 0 Å². The van der Waals surface area contributed by atoms with E-state index in [0.29, 0.717) is 5.56 Å². The fourth-order valence-corrected chi connectivity index (χ4v) is 2.03. The summed E-state index contributed by atoms with van der Waals surface area (Å²) in [7, 11) is 0. The molecule has 0 fully saturated rings. The Bertz CT molecular complexity index is 579. The molecule has 112 valence electrons. The van der Waals surface area contributed by atoms with Gasteiger partial charge >= 0.3 is 5.92 Å². The summed E-state index contributed by atoms with van der Waals surface area (Å²) in [5.41, 5.74) is 1.58. The van der Waals surface area contributed by atoms with Gasteiger partial charge in [-0.3, -0.25) is 0 Å². The predicted octanol–water partition coefficient (Wildman–Crippen LogP) is 4.54. The van der Waals surface area contributed by atoms with Gasteiger partial charge in [0.25, 0.3) is 0 Å². The number of aryl methyl sites for hydroxylation is 2. The van der Waals surface area contributed by atoms with E-state index in [-0.39, 0.29) is 5.56 Å². The molecule has 1 aromatic carbocycles. The molecule has 0 aliphatic carbocycles. The van der Waals surface area contributed by atoms with Gasteiger partial charge in [0, 0.05) is 12.4 Å². The second-order valence-corrected chi connectivity index (χ2v) is 5.06. The summed E-state index contributed by atoms with van der Waals surface area (Å²) in [4.78, 5) is 7.08. The lowest BCUT2D eigenvalue weighted by Crippen LogP contribution is -2.23. The number of benzene rings is 1. The lowest BCUT2D eigenvalue weighted by Gasteiger charge is -2.19. The molecule has 0 aliphatic rings. The third-order valence-electron chi connectivity index (χ3n) is 3.21. The van der Waals surface area contributed by atoms with E-state index in [4.69, 9.17) is 0 Å². The number of aromatic nitrogens is 2. The SMILES string of the molecule is CCCc1ccc(C(F)C(F)(F)c2ncc(C)cn2)cc1. The Morgan fingerprint density at radius 1 is 1.10 bits per heavy atom. The van der Waals surface area contributed by atoms with Gasteiger partial charge in [0.15, 0.2) is 6.17 Å². The van der Waals surface area contributed by atoms with Crippen LogP contribution in [0, 0.1) is 6.92 Å². The molecule has 2 nitrogen and oxygen atoms in total. The number of halogens is 3. The van der Waals surface area contributed by atoms with Crippen molar-refractivity contribution in [1.29, 1.82) is 0 Å². The van der Waals surface area contributed by atoms with Gasteiger partial charge in [0.1, 0.15) is 0 Å². The monoisotopic (exact) mass is 294 g/mol. The molecule has 0 spiro atoms. The van der Waals surface area contributed by atoms with Gasteiger partial charge in [-0.15, -0.1) is 0 Å². The van der Waals surface area contributed by atoms with Crippen molar-refractivity contribution in [2.24, 2.45) is 0 Å². The van der Waals surface area contributed by atoms with Gasteiger partial charge in [-0.2, -0.15) is 8.78 Å². The molecule has 1 unspecified atom stereocenters. The van der Waals surface area contributed by atoms with E-state index >= 15 is 0 Å². The fraction of sp³-hybridized carbons (Fsp3) is 0.375. The van der Waals surface area contributed by atoms with Crippen LogP contribution in [0.2, 0.25) is 0 Å². The van der Waals surface area contributed by atoms with Gasteiger partial charge in [-0.1, -0.05) is 37.6 Å². The molecule has 0 saturated carbocycles. The molecule has 0 bridgehead atoms. The number of hydrogen-bond acceptors (Lipinski definition) is 2. The maximum absolute atomic E-state index is 14.2. The summed E-state index contributed by atoms with van der Waals surface area (Å²) >= 11 is 0. The van der Waals surface area contributed by atoms with Crippen molar-refractivity contribution in [2.45, 2.75) is 38.8 Å². The van der Waals surface area contributed by atoms with E-state index < -0.39 is 17.9 Å². The molecular formula is C16H17F3N2. The summed E-state index contributed by atoms with van der Waals surface area (Å²) in [6.45, 7) is 3.70. The highest BCUT2D eigenvalue weighted by Crippen LogP contribution is 2.41. The van der Waals surface area contributed by atoms with Crippen molar-refractivity contribution in [1.82, 2.24) is 9.97 Å². The molecule has 0 N–H and O–H groups in total. The summed E-state index contributed by atoms with van der Waals surface area (Å²) < 4.78 is 42.4. The van der Waals surface area contributed by atoms with E-state index in [9.17, 15) is 13.2 Å². The predicted molar refractivity (Wildman–Crippen MR) is 74.9 cm³/mol. The van der Waals surface area contributed by atoms with E-state index in [0.717, 1.165) is 18.4 Å². The number of alkyl halides is 3. The molecule has 1 heterocycles. The van der Waals surface area contributed by atoms with Crippen LogP contribution in [0.25, 0.3) is 0 Å². The van der Waals surface area contributed by atoms with Gasteiger partial charge in [-0.25, -0.2) is 14.4 Å². The van der Waals surface area contributed by atoms with E-state index in [1.807, 2.05) is 6.92 Å². The van der Waals surface area contributed by atoms with Crippen LogP contribution in [0.15, 0.2) is 36.7 Å². The molecule has 0 aliphatic heterocycles. The molecule has 5 heteroatoms. The molecule has 1 aromatic heterocycles. The van der Waals surface area contributed by atoms with Crippen LogP contribution < -0.4 is 0 Å². The molecule has 0 amide bonds. The quantitative estimate of drug-likeness (QED) is 0.809. The minimum atomic E-state index is -3.75. The Hall–Kier alpha value is -1.91. The number of rotatable bonds is 5. The number of hydrogen-bond donors (Lipinski definition) is 0. The van der Waals surface area contributed by atoms with Crippen LogP contribution >= 0.6 is 0 Å². The second kappa shape index (κ2) is 6.24. The summed E-state index contributed by atoms with van der Waals surface area (Å²) in [6.07, 6.45) is 1.84. The maximum atomic E-state index is 14.2. The highest BCUT2D eigenvalue weighted by Gasteiger charge is 2.45. The first-order valence-electron chi connectivity index (χ1n) is 6.85. The lowest BCUT2D eigenvalue weighted by molar-refractivity contribution is -0.0883. The topological polar surface area (TPSA) is 25.8 Å². The van der Waals surface area contributed by atoms with Gasteiger partial charge in [0.2, 0.25) is 5.82 Å². The van der Waals surface area contributed by atoms with Gasteiger partial charge in [-0.05, 0) is 30.0 Å². The molecule has 2 aromatic rings. The van der Waals surface area contributed by atoms with E-state index in [1.165, 1.54) is 24.5 Å². The van der Waals surface area contributed by atoms with Crippen molar-refractivity contribution in [2.75, 3.05) is 0 Å². The van der Waals surface area contributed by atoms with Crippen LogP contribution in [0.5, 0.6) is 0 Å². The Morgan fingerprint density at radius 2 is 1.67 bits per heavy atom. The zero-order chi connectivity index (χ0) is 15.5. The summed E-state index contributed by atoms with van der Waals surface area (Å²) in [5.74, 6) is -4.54. The van der Waals surface area contributed by atoms with Crippen molar-refractivity contribution < 1.29 is 13.2 Å². The Morgan fingerprint density at radius 3 is 2.19 bits per heavy atom. The molecule has 2 rings (SSSR count). The Labute approximate surface area is 122 Å². The van der Waals surface area contributed by atoms with Crippen LogP contribution in [0.3, 0.4) is 0 Å². The average molecular weight is 294 g/mol. The molecule has 0 saturated heterocycles. The first kappa shape index (κ1) is 15.5. The lowest BCUT2D eigenvalue weighted by atomic mass is 10.0. The second-order valence-electron chi connectivity index (χ2n) is 5.06. The van der Waals surface area contributed by atoms with E-state index in [2.05, 4.69) is 9.97 Å². The highest BCUT2D eigenvalue weighted by molar-refractivity contribution is 5.26. The van der Waals surface area contributed by atoms with Gasteiger partial charge < -0.3 is 0 Å². The summed E-state index contributed by atoms with van der Waals surface area (Å²) in [6, 6.07) is 6.16. The van der Waals surface area contributed by atoms with Crippen LogP contribution in [-0.2, 0) is 12.3 Å². The minimum Gasteiger partial charge on any atom is -0.235 e. The largest absolute Gasteiger partial charge is 0.341 e. The van der Waals surface area contributed by atoms with Crippen LogP contribution in [0.4, 0.5) is 13.2 Å². The third kappa shape index (κ3) is 3.40. The maximum Gasteiger partial charge on any atom is 0.341 e. The smallest absolute Gasteiger partial charge is 0.235 e. The molecule has 1 atom stereocenters. The highest BCUT2D eigenvalue weighted by atomic mass is 19.3. The fourth-order valence-electron chi connectivity index (χ4n) is 2.03. The molecule has 21 heavy (non-hydrogen) atoms. The number of nitrogens with zero attached hydrogens (tertiary/aromatic N) is 2. The zero-order valence-electron chi connectivity index (χ0n) is 12.0. The average Bonchev–Trinajstić information content (AvgIpc) is 2.48. The molecular weight excluding hydrogens is 277 g/mol. The first-order valence-corrected chi connectivity index (χ1v) is 6.85. The minimum absolute atomic E-state index is 0.0657. The Kier molecular flexibility index (Phi) is 4.60.